The summed E-state index contributed by atoms with van der Waals surface area (Å²) < 4.78 is 0. The highest BCUT2D eigenvalue weighted by atomic mass is 16.1. The molecule has 2 N–H and O–H groups in total. The Labute approximate surface area is 65.8 Å². The maximum atomic E-state index is 11.3. The Kier molecular flexibility index (Phi) is 1.34. The van der Waals surface area contributed by atoms with Crippen LogP contribution in [0.3, 0.4) is 0 Å². The molecule has 0 aliphatic heterocycles. The molecule has 0 heterocycles. The van der Waals surface area contributed by atoms with E-state index in [1.165, 1.54) is 12.8 Å². The molecule has 0 aromatic rings. The SMILES string of the molecule is NC1=CCC(=O)C(C2CC2)=C1. The van der Waals surface area contributed by atoms with Crippen molar-refractivity contribution in [2.24, 2.45) is 11.7 Å². The van der Waals surface area contributed by atoms with E-state index >= 15 is 0 Å². The number of rotatable bonds is 1. The van der Waals surface area contributed by atoms with Gasteiger partial charge in [0.15, 0.2) is 5.78 Å². The quantitative estimate of drug-likeness (QED) is 0.607. The van der Waals surface area contributed by atoms with E-state index in [0.717, 1.165) is 11.3 Å². The van der Waals surface area contributed by atoms with Crippen molar-refractivity contribution in [2.75, 3.05) is 0 Å². The van der Waals surface area contributed by atoms with Crippen LogP contribution in [0.25, 0.3) is 0 Å². The van der Waals surface area contributed by atoms with Gasteiger partial charge in [0.05, 0.1) is 0 Å². The van der Waals surface area contributed by atoms with Crippen LogP contribution in [0, 0.1) is 5.92 Å². The molecule has 0 aromatic heterocycles. The molecular formula is C9H11NO. The molecule has 2 nitrogen and oxygen atoms in total. The lowest BCUT2D eigenvalue weighted by atomic mass is 9.98. The first kappa shape index (κ1) is 6.65. The summed E-state index contributed by atoms with van der Waals surface area (Å²) in [6.45, 7) is 0. The van der Waals surface area contributed by atoms with Crippen LogP contribution >= 0.6 is 0 Å². The normalized spacial score (nSPS) is 24.5. The van der Waals surface area contributed by atoms with Crippen molar-refractivity contribution in [3.8, 4) is 0 Å². The smallest absolute Gasteiger partial charge is 0.163 e. The summed E-state index contributed by atoms with van der Waals surface area (Å²) in [5.41, 5.74) is 7.30. The molecule has 2 aliphatic carbocycles. The summed E-state index contributed by atoms with van der Waals surface area (Å²) >= 11 is 0. The van der Waals surface area contributed by atoms with Gasteiger partial charge >= 0.3 is 0 Å². The van der Waals surface area contributed by atoms with Gasteiger partial charge in [-0.25, -0.2) is 0 Å². The number of Topliss-reactive ketones (excluding diaryl/α,β-unsaturated/α-hetero) is 1. The van der Waals surface area contributed by atoms with Crippen LogP contribution in [-0.2, 0) is 4.79 Å². The van der Waals surface area contributed by atoms with Crippen molar-refractivity contribution in [1.82, 2.24) is 0 Å². The highest BCUT2D eigenvalue weighted by molar-refractivity contribution is 5.98. The molecule has 11 heavy (non-hydrogen) atoms. The van der Waals surface area contributed by atoms with Gasteiger partial charge in [0.2, 0.25) is 0 Å². The Morgan fingerprint density at radius 2 is 2.18 bits per heavy atom. The second-order valence-corrected chi connectivity index (χ2v) is 3.21. The maximum Gasteiger partial charge on any atom is 0.163 e. The van der Waals surface area contributed by atoms with Gasteiger partial charge in [0, 0.05) is 17.7 Å². The van der Waals surface area contributed by atoms with Gasteiger partial charge in [-0.2, -0.15) is 0 Å². The predicted molar refractivity (Wildman–Crippen MR) is 42.7 cm³/mol. The third kappa shape index (κ3) is 1.20. The zero-order valence-corrected chi connectivity index (χ0v) is 6.34. The molecule has 2 rings (SSSR count). The minimum absolute atomic E-state index is 0.265. The van der Waals surface area contributed by atoms with Crippen molar-refractivity contribution in [2.45, 2.75) is 19.3 Å². The largest absolute Gasteiger partial charge is 0.399 e. The first-order chi connectivity index (χ1) is 5.27. The fourth-order valence-corrected chi connectivity index (χ4v) is 1.39. The lowest BCUT2D eigenvalue weighted by Gasteiger charge is -2.08. The zero-order valence-electron chi connectivity index (χ0n) is 6.34. The average Bonchev–Trinajstić information content (AvgIpc) is 2.76. The summed E-state index contributed by atoms with van der Waals surface area (Å²) in [6.07, 6.45) is 6.47. The van der Waals surface area contributed by atoms with Gasteiger partial charge in [0.25, 0.3) is 0 Å². The standard InChI is InChI=1S/C9H11NO/c10-7-3-4-9(11)8(5-7)6-1-2-6/h3,5-6H,1-2,4,10H2. The number of carbonyl (C=O) groups is 1. The fraction of sp³-hybridized carbons (Fsp3) is 0.444. The van der Waals surface area contributed by atoms with E-state index in [1.54, 1.807) is 6.08 Å². The van der Waals surface area contributed by atoms with Crippen molar-refractivity contribution >= 4 is 5.78 Å². The van der Waals surface area contributed by atoms with E-state index in [0.29, 0.717) is 12.3 Å². The van der Waals surface area contributed by atoms with Crippen LogP contribution < -0.4 is 5.73 Å². The van der Waals surface area contributed by atoms with Crippen molar-refractivity contribution < 1.29 is 4.79 Å². The summed E-state index contributed by atoms with van der Waals surface area (Å²) in [6, 6.07) is 0. The Bertz CT molecular complexity index is 259. The summed E-state index contributed by atoms with van der Waals surface area (Å²) in [4.78, 5) is 11.3. The first-order valence-corrected chi connectivity index (χ1v) is 3.98. The van der Waals surface area contributed by atoms with E-state index in [1.807, 2.05) is 6.08 Å². The van der Waals surface area contributed by atoms with E-state index < -0.39 is 0 Å². The van der Waals surface area contributed by atoms with Gasteiger partial charge in [-0.15, -0.1) is 0 Å². The average molecular weight is 149 g/mol. The molecular weight excluding hydrogens is 138 g/mol. The molecule has 0 spiro atoms. The van der Waals surface area contributed by atoms with E-state index in [-0.39, 0.29) is 5.78 Å². The van der Waals surface area contributed by atoms with Crippen LogP contribution in [0.4, 0.5) is 0 Å². The minimum atomic E-state index is 0.265. The van der Waals surface area contributed by atoms with Crippen molar-refractivity contribution in [3.63, 3.8) is 0 Å². The molecule has 2 aliphatic rings. The fourth-order valence-electron chi connectivity index (χ4n) is 1.39. The molecule has 0 unspecified atom stereocenters. The molecule has 0 bridgehead atoms. The molecule has 0 aromatic carbocycles. The third-order valence-corrected chi connectivity index (χ3v) is 2.18. The molecule has 1 fully saturated rings. The number of hydrogen-bond acceptors (Lipinski definition) is 2. The zero-order chi connectivity index (χ0) is 7.84. The summed E-state index contributed by atoms with van der Waals surface area (Å²) in [5.74, 6) is 0.802. The maximum absolute atomic E-state index is 11.3. The van der Waals surface area contributed by atoms with E-state index in [2.05, 4.69) is 0 Å². The number of carbonyl (C=O) groups excluding carboxylic acids is 1. The molecule has 0 saturated heterocycles. The Morgan fingerprint density at radius 1 is 1.45 bits per heavy atom. The Morgan fingerprint density at radius 3 is 2.82 bits per heavy atom. The second kappa shape index (κ2) is 2.22. The molecule has 2 heteroatoms. The topological polar surface area (TPSA) is 43.1 Å². The van der Waals surface area contributed by atoms with Gasteiger partial charge in [0.1, 0.15) is 0 Å². The summed E-state index contributed by atoms with van der Waals surface area (Å²) in [5, 5.41) is 0. The summed E-state index contributed by atoms with van der Waals surface area (Å²) in [7, 11) is 0. The molecule has 0 atom stereocenters. The monoisotopic (exact) mass is 149 g/mol. The number of allylic oxidation sites excluding steroid dienone is 3. The Hall–Kier alpha value is -1.05. The molecule has 0 amide bonds. The van der Waals surface area contributed by atoms with Crippen molar-refractivity contribution in [1.29, 1.82) is 0 Å². The van der Waals surface area contributed by atoms with Crippen LogP contribution in [0.1, 0.15) is 19.3 Å². The van der Waals surface area contributed by atoms with E-state index in [4.69, 9.17) is 5.73 Å². The highest BCUT2D eigenvalue weighted by Gasteiger charge is 2.30. The lowest BCUT2D eigenvalue weighted by Crippen LogP contribution is -2.11. The second-order valence-electron chi connectivity index (χ2n) is 3.21. The highest BCUT2D eigenvalue weighted by Crippen LogP contribution is 2.38. The minimum Gasteiger partial charge on any atom is -0.399 e. The first-order valence-electron chi connectivity index (χ1n) is 3.98. The van der Waals surface area contributed by atoms with Gasteiger partial charge < -0.3 is 5.73 Å². The van der Waals surface area contributed by atoms with Crippen LogP contribution in [0.2, 0.25) is 0 Å². The third-order valence-electron chi connectivity index (χ3n) is 2.18. The van der Waals surface area contributed by atoms with Crippen LogP contribution in [0.15, 0.2) is 23.4 Å². The lowest BCUT2D eigenvalue weighted by molar-refractivity contribution is -0.115. The number of hydrogen-bond donors (Lipinski definition) is 1. The predicted octanol–water partition coefficient (Wildman–Crippen LogP) is 1.14. The van der Waals surface area contributed by atoms with Gasteiger partial charge in [-0.05, 0) is 24.8 Å². The van der Waals surface area contributed by atoms with Gasteiger partial charge in [-0.3, -0.25) is 4.79 Å². The van der Waals surface area contributed by atoms with Gasteiger partial charge in [-0.1, -0.05) is 6.08 Å². The van der Waals surface area contributed by atoms with E-state index in [9.17, 15) is 4.79 Å². The van der Waals surface area contributed by atoms with Crippen LogP contribution in [0.5, 0.6) is 0 Å². The molecule has 58 valence electrons. The number of nitrogens with two attached hydrogens (primary N) is 1. The number of ketones is 1. The molecule has 0 radical (unpaired) electrons. The molecule has 1 saturated carbocycles. The van der Waals surface area contributed by atoms with Crippen molar-refractivity contribution in [3.05, 3.63) is 23.4 Å². The van der Waals surface area contributed by atoms with Crippen LogP contribution in [-0.4, -0.2) is 5.78 Å². The Balaban J connectivity index is 2.25.